The van der Waals surface area contributed by atoms with E-state index in [2.05, 4.69) is 6.07 Å². The van der Waals surface area contributed by atoms with Gasteiger partial charge in [0, 0.05) is 13.2 Å². The predicted molar refractivity (Wildman–Crippen MR) is 81.0 cm³/mol. The van der Waals surface area contributed by atoms with Crippen LogP contribution in [-0.4, -0.2) is 24.4 Å². The molecule has 1 aromatic carbocycles. The van der Waals surface area contributed by atoms with Crippen LogP contribution in [0.4, 0.5) is 10.1 Å². The van der Waals surface area contributed by atoms with Gasteiger partial charge in [-0.1, -0.05) is 12.1 Å². The van der Waals surface area contributed by atoms with E-state index in [-0.39, 0.29) is 11.9 Å². The highest BCUT2D eigenvalue weighted by atomic mass is 19.1. The Morgan fingerprint density at radius 1 is 1.36 bits per heavy atom. The Hall–Kier alpha value is -2.52. The third-order valence-electron chi connectivity index (χ3n) is 3.16. The summed E-state index contributed by atoms with van der Waals surface area (Å²) in [5.41, 5.74) is 7.57. The Kier molecular flexibility index (Phi) is 5.02. The number of rotatable bonds is 6. The maximum atomic E-state index is 13.0. The van der Waals surface area contributed by atoms with Gasteiger partial charge in [0.2, 0.25) is 5.88 Å². The number of hydrogen-bond acceptors (Lipinski definition) is 4. The summed E-state index contributed by atoms with van der Waals surface area (Å²) in [6, 6.07) is 9.74. The number of nitrogen functional groups attached to an aromatic ring is 1. The molecule has 0 radical (unpaired) electrons. The molecule has 116 valence electrons. The fourth-order valence-corrected chi connectivity index (χ4v) is 2.17. The van der Waals surface area contributed by atoms with E-state index in [1.807, 2.05) is 6.92 Å². The van der Waals surface area contributed by atoms with E-state index in [0.29, 0.717) is 30.4 Å². The minimum absolute atomic E-state index is 0.208. The van der Waals surface area contributed by atoms with Crippen LogP contribution in [-0.2, 0) is 11.3 Å². The zero-order valence-electron chi connectivity index (χ0n) is 12.5. The van der Waals surface area contributed by atoms with Crippen LogP contribution in [0.2, 0.25) is 0 Å². The second-order valence-electron chi connectivity index (χ2n) is 5.00. The molecule has 0 spiro atoms. The molecule has 1 heterocycles. The van der Waals surface area contributed by atoms with E-state index in [0.717, 1.165) is 5.56 Å². The molecule has 1 aromatic heterocycles. The van der Waals surface area contributed by atoms with Gasteiger partial charge in [0.1, 0.15) is 23.7 Å². The van der Waals surface area contributed by atoms with Gasteiger partial charge in [0.05, 0.1) is 18.8 Å². The zero-order chi connectivity index (χ0) is 16.1. The van der Waals surface area contributed by atoms with Crippen LogP contribution in [0.1, 0.15) is 18.2 Å². The molecule has 2 aromatic rings. The quantitative estimate of drug-likeness (QED) is 0.890. The van der Waals surface area contributed by atoms with Gasteiger partial charge in [-0.2, -0.15) is 5.26 Å². The van der Waals surface area contributed by atoms with Crippen molar-refractivity contribution in [3.63, 3.8) is 0 Å². The topological polar surface area (TPSA) is 73.2 Å². The van der Waals surface area contributed by atoms with Crippen LogP contribution in [0.15, 0.2) is 30.3 Å². The average Bonchev–Trinajstić information content (AvgIpc) is 2.78. The molecule has 1 atom stereocenters. The fraction of sp³-hybridized carbons (Fsp3) is 0.312. The van der Waals surface area contributed by atoms with Gasteiger partial charge >= 0.3 is 0 Å². The molecule has 0 unspecified atom stereocenters. The summed E-state index contributed by atoms with van der Waals surface area (Å²) >= 11 is 0. The maximum absolute atomic E-state index is 13.0. The molecule has 2 N–H and O–H groups in total. The van der Waals surface area contributed by atoms with E-state index < -0.39 is 0 Å². The molecule has 0 aliphatic carbocycles. The monoisotopic (exact) mass is 303 g/mol. The second kappa shape index (κ2) is 6.96. The highest BCUT2D eigenvalue weighted by Crippen LogP contribution is 2.28. The number of methoxy groups -OCH3 is 1. The number of halogens is 1. The molecular weight excluding hydrogens is 285 g/mol. The molecule has 0 saturated heterocycles. The van der Waals surface area contributed by atoms with Crippen molar-refractivity contribution in [1.82, 2.24) is 4.57 Å². The standard InChI is InChI=1S/C16H18FN3O2/c1-11(10-21-2)22-16-15(19)7-14(8-18)20(16)9-12-3-5-13(17)6-4-12/h3-7,11H,9-10,19H2,1-2H3/t11-/m0/s1. The third kappa shape index (κ3) is 3.57. The summed E-state index contributed by atoms with van der Waals surface area (Å²) in [4.78, 5) is 0. The first-order valence-corrected chi connectivity index (χ1v) is 6.84. The number of nitrogens with zero attached hydrogens (tertiary/aromatic N) is 2. The zero-order valence-corrected chi connectivity index (χ0v) is 12.5. The Morgan fingerprint density at radius 2 is 2.05 bits per heavy atom. The predicted octanol–water partition coefficient (Wildman–Crippen LogP) is 2.54. The molecule has 22 heavy (non-hydrogen) atoms. The van der Waals surface area contributed by atoms with Crippen molar-refractivity contribution in [3.05, 3.63) is 47.4 Å². The minimum atomic E-state index is -0.304. The van der Waals surface area contributed by atoms with Gasteiger partial charge in [-0.25, -0.2) is 4.39 Å². The molecule has 2 rings (SSSR count). The summed E-state index contributed by atoms with van der Waals surface area (Å²) in [6.07, 6.45) is -0.208. The van der Waals surface area contributed by atoms with Crippen molar-refractivity contribution >= 4 is 5.69 Å². The van der Waals surface area contributed by atoms with Crippen LogP contribution in [0.5, 0.6) is 5.88 Å². The Labute approximate surface area is 128 Å². The smallest absolute Gasteiger partial charge is 0.219 e. The third-order valence-corrected chi connectivity index (χ3v) is 3.16. The molecular formula is C16H18FN3O2. The Morgan fingerprint density at radius 3 is 2.64 bits per heavy atom. The normalized spacial score (nSPS) is 11.9. The molecule has 0 saturated carbocycles. The molecule has 0 bridgehead atoms. The van der Waals surface area contributed by atoms with Crippen LogP contribution >= 0.6 is 0 Å². The van der Waals surface area contributed by atoms with Crippen molar-refractivity contribution in [2.24, 2.45) is 0 Å². The van der Waals surface area contributed by atoms with Gasteiger partial charge in [0.15, 0.2) is 0 Å². The first kappa shape index (κ1) is 15.9. The lowest BCUT2D eigenvalue weighted by Gasteiger charge is -2.17. The SMILES string of the molecule is COC[C@H](C)Oc1c(N)cc(C#N)n1Cc1ccc(F)cc1. The van der Waals surface area contributed by atoms with Crippen LogP contribution < -0.4 is 10.5 Å². The molecule has 0 aliphatic rings. The van der Waals surface area contributed by atoms with Crippen molar-refractivity contribution in [2.45, 2.75) is 19.6 Å². The first-order chi connectivity index (χ1) is 10.5. The van der Waals surface area contributed by atoms with Gasteiger partial charge in [-0.05, 0) is 24.6 Å². The largest absolute Gasteiger partial charge is 0.472 e. The van der Waals surface area contributed by atoms with Gasteiger partial charge < -0.3 is 15.2 Å². The Balaban J connectivity index is 2.31. The van der Waals surface area contributed by atoms with E-state index in [9.17, 15) is 9.65 Å². The maximum Gasteiger partial charge on any atom is 0.219 e. The number of nitrogens with two attached hydrogens (primary N) is 1. The summed E-state index contributed by atoms with van der Waals surface area (Å²) in [5.74, 6) is 0.117. The van der Waals surface area contributed by atoms with Crippen molar-refractivity contribution in [1.29, 1.82) is 5.26 Å². The van der Waals surface area contributed by atoms with Crippen LogP contribution in [0.3, 0.4) is 0 Å². The van der Waals surface area contributed by atoms with Crippen molar-refractivity contribution in [2.75, 3.05) is 19.5 Å². The van der Waals surface area contributed by atoms with Gasteiger partial charge in [-0.3, -0.25) is 4.57 Å². The lowest BCUT2D eigenvalue weighted by Crippen LogP contribution is -2.20. The number of ether oxygens (including phenoxy) is 2. The van der Waals surface area contributed by atoms with Crippen molar-refractivity contribution < 1.29 is 13.9 Å². The fourth-order valence-electron chi connectivity index (χ4n) is 2.17. The number of nitriles is 1. The summed E-state index contributed by atoms with van der Waals surface area (Å²) < 4.78 is 25.5. The second-order valence-corrected chi connectivity index (χ2v) is 5.00. The molecule has 0 fully saturated rings. The average molecular weight is 303 g/mol. The van der Waals surface area contributed by atoms with Gasteiger partial charge in [0.25, 0.3) is 0 Å². The number of benzene rings is 1. The van der Waals surface area contributed by atoms with Crippen LogP contribution in [0, 0.1) is 17.1 Å². The first-order valence-electron chi connectivity index (χ1n) is 6.84. The molecule has 0 amide bonds. The van der Waals surface area contributed by atoms with E-state index in [4.69, 9.17) is 15.2 Å². The van der Waals surface area contributed by atoms with Crippen LogP contribution in [0.25, 0.3) is 0 Å². The number of anilines is 1. The van der Waals surface area contributed by atoms with E-state index in [1.165, 1.54) is 12.1 Å². The summed E-state index contributed by atoms with van der Waals surface area (Å²) in [7, 11) is 1.58. The van der Waals surface area contributed by atoms with Gasteiger partial charge in [-0.15, -0.1) is 0 Å². The molecule has 5 nitrogen and oxygen atoms in total. The highest BCUT2D eigenvalue weighted by Gasteiger charge is 2.17. The minimum Gasteiger partial charge on any atom is -0.472 e. The van der Waals surface area contributed by atoms with E-state index in [1.54, 1.807) is 29.9 Å². The molecule has 0 aliphatic heterocycles. The lowest BCUT2D eigenvalue weighted by atomic mass is 10.2. The van der Waals surface area contributed by atoms with E-state index >= 15 is 0 Å². The number of aromatic nitrogens is 1. The lowest BCUT2D eigenvalue weighted by molar-refractivity contribution is 0.0869. The highest BCUT2D eigenvalue weighted by molar-refractivity contribution is 5.55. The van der Waals surface area contributed by atoms with Crippen molar-refractivity contribution in [3.8, 4) is 11.9 Å². The number of hydrogen-bond donors (Lipinski definition) is 1. The molecule has 6 heteroatoms. The Bertz CT molecular complexity index is 674. The summed E-state index contributed by atoms with van der Waals surface area (Å²) in [5, 5.41) is 9.25. The summed E-state index contributed by atoms with van der Waals surface area (Å²) in [6.45, 7) is 2.63.